The Kier molecular flexibility index (Phi) is 39.5. The van der Waals surface area contributed by atoms with Crippen LogP contribution in [0.25, 0.3) is 0 Å². The van der Waals surface area contributed by atoms with Gasteiger partial charge in [-0.1, -0.05) is 116 Å². The summed E-state index contributed by atoms with van der Waals surface area (Å²) in [4.78, 5) is 22.1. The number of alkyl halides is 26. The third kappa shape index (κ3) is 23.9. The van der Waals surface area contributed by atoms with Crippen LogP contribution >= 0.6 is 0 Å². The fourth-order valence-electron chi connectivity index (χ4n) is 12.9. The molecule has 2 aromatic carbocycles. The van der Waals surface area contributed by atoms with Crippen molar-refractivity contribution < 1.29 is 168 Å². The number of phenolic OH excluding ortho intramolecular Hbond substituents is 2. The Labute approximate surface area is 621 Å². The number of benzene rings is 2. The van der Waals surface area contributed by atoms with Gasteiger partial charge in [-0.05, 0) is 168 Å². The summed E-state index contributed by atoms with van der Waals surface area (Å²) >= 11 is 0. The molecule has 4 fully saturated rings. The van der Waals surface area contributed by atoms with Crippen molar-refractivity contribution in [3.8, 4) is 11.5 Å². The molecule has 0 aromatic heterocycles. The fourth-order valence-corrected chi connectivity index (χ4v) is 15.5. The van der Waals surface area contributed by atoms with E-state index in [4.69, 9.17) is 29.3 Å². The number of esters is 1. The molecular weight excluding hydrogens is 1550 g/mol. The van der Waals surface area contributed by atoms with Gasteiger partial charge in [-0.15, -0.1) is 0 Å². The number of ether oxygens (including phenoxy) is 1. The lowest BCUT2D eigenvalue weighted by atomic mass is 9.67. The second-order valence-electron chi connectivity index (χ2n) is 28.7. The molecule has 9 atom stereocenters. The maximum atomic E-state index is 13.9. The first-order valence-electron chi connectivity index (χ1n) is 33.0. The van der Waals surface area contributed by atoms with Gasteiger partial charge in [0.15, 0.2) is 0 Å². The zero-order chi connectivity index (χ0) is 83.1. The molecule has 0 radical (unpaired) electrons. The van der Waals surface area contributed by atoms with Crippen LogP contribution in [0.4, 0.5) is 114 Å². The number of carbonyl (C=O) groups is 2. The van der Waals surface area contributed by atoms with Crippen molar-refractivity contribution in [2.24, 2.45) is 46.8 Å². The predicted octanol–water partition coefficient (Wildman–Crippen LogP) is 23.5. The highest BCUT2D eigenvalue weighted by Crippen LogP contribution is 2.66. The van der Waals surface area contributed by atoms with Crippen LogP contribution in [0.2, 0.25) is 12.1 Å². The SMILES string of the molecule is C.C.C.C.CC1CC(O)(C(F)(F)F)C(F)(F)C1(F)C(C)(F)F.CCC(C)(C)C(=O)O.CCC(C)(C)c1ccc(O)cc1.CCC(C)C(=O)OC(C1CCC(C(O)(C(F)(F)F)C(F)(F)F)CC1)(C(F)(F)F)C(F)(F)F.CCC(C)c1ccc(O)cc1.CO[Si](C)(OC)C1CC2CC1CC2CC(O)(C(F)(F)F)C(F)(F)F. The van der Waals surface area contributed by atoms with Crippen LogP contribution < -0.4 is 0 Å². The first kappa shape index (κ1) is 111. The minimum Gasteiger partial charge on any atom is -0.508 e. The smallest absolute Gasteiger partial charge is 0.437 e. The van der Waals surface area contributed by atoms with Gasteiger partial charge in [0.25, 0.3) is 17.1 Å². The number of aliphatic carboxylic acids is 1. The average molecular weight is 1660 g/mol. The minimum absolute atomic E-state index is 0. The second-order valence-corrected chi connectivity index (χ2v) is 32.3. The maximum Gasteiger partial charge on any atom is 0.437 e. The first-order valence-corrected chi connectivity index (χ1v) is 35.4. The Morgan fingerprint density at radius 2 is 0.963 bits per heavy atom. The summed E-state index contributed by atoms with van der Waals surface area (Å²) in [7, 11) is 0.552. The van der Waals surface area contributed by atoms with E-state index in [1.807, 2.05) is 37.7 Å². The largest absolute Gasteiger partial charge is 0.508 e. The first-order chi connectivity index (χ1) is 46.8. The third-order valence-corrected chi connectivity index (χ3v) is 25.0. The second kappa shape index (κ2) is 39.0. The van der Waals surface area contributed by atoms with Crippen molar-refractivity contribution in [1.82, 2.24) is 0 Å². The van der Waals surface area contributed by atoms with Crippen molar-refractivity contribution in [2.45, 2.75) is 303 Å². The number of aromatic hydroxyl groups is 2. The molecule has 0 amide bonds. The Morgan fingerprint density at radius 1 is 0.569 bits per heavy atom. The quantitative estimate of drug-likeness (QED) is 0.0503. The average Bonchev–Trinajstić information content (AvgIpc) is 1.54. The highest BCUT2D eigenvalue weighted by atomic mass is 28.4. The van der Waals surface area contributed by atoms with E-state index in [0.717, 1.165) is 19.8 Å². The Bertz CT molecular complexity index is 2980. The van der Waals surface area contributed by atoms with Gasteiger partial charge in [-0.3, -0.25) is 9.59 Å². The molecule has 646 valence electrons. The van der Waals surface area contributed by atoms with Crippen LogP contribution in [-0.2, 0) is 28.6 Å². The highest BCUT2D eigenvalue weighted by molar-refractivity contribution is 6.67. The summed E-state index contributed by atoms with van der Waals surface area (Å²) in [6.07, 6.45) is -47.5. The summed E-state index contributed by atoms with van der Waals surface area (Å²) in [5, 5.41) is 54.3. The van der Waals surface area contributed by atoms with Crippen LogP contribution in [0.5, 0.6) is 11.5 Å². The monoisotopic (exact) mass is 1660 g/mol. The number of carboxylic acid groups (broad SMARTS) is 1. The molecule has 109 heavy (non-hydrogen) atoms. The summed E-state index contributed by atoms with van der Waals surface area (Å²) < 4.78 is 356. The van der Waals surface area contributed by atoms with Gasteiger partial charge in [0, 0.05) is 44.4 Å². The van der Waals surface area contributed by atoms with Gasteiger partial charge >= 0.3 is 75.3 Å². The van der Waals surface area contributed by atoms with E-state index < -0.39 is 177 Å². The van der Waals surface area contributed by atoms with Gasteiger partial charge in [-0.2, -0.15) is 101 Å². The van der Waals surface area contributed by atoms with Crippen LogP contribution in [0.1, 0.15) is 213 Å². The van der Waals surface area contributed by atoms with Gasteiger partial charge in [0.1, 0.15) is 11.5 Å². The van der Waals surface area contributed by atoms with Crippen molar-refractivity contribution in [3.63, 3.8) is 0 Å². The van der Waals surface area contributed by atoms with Gasteiger partial charge in [0.2, 0.25) is 11.3 Å². The van der Waals surface area contributed by atoms with E-state index in [2.05, 4.69) is 39.4 Å². The molecule has 0 aliphatic heterocycles. The van der Waals surface area contributed by atoms with E-state index in [1.165, 1.54) is 32.3 Å². The summed E-state index contributed by atoms with van der Waals surface area (Å²) in [6, 6.07) is 14.9. The molecule has 0 heterocycles. The van der Waals surface area contributed by atoms with Crippen LogP contribution in [0.15, 0.2) is 48.5 Å². The maximum absolute atomic E-state index is 13.9. The lowest BCUT2D eigenvalue weighted by Crippen LogP contribution is -2.66. The molecule has 4 aliphatic rings. The van der Waals surface area contributed by atoms with Gasteiger partial charge in [0.05, 0.1) is 11.3 Å². The lowest BCUT2D eigenvalue weighted by Gasteiger charge is -2.47. The van der Waals surface area contributed by atoms with E-state index in [-0.39, 0.29) is 72.3 Å². The Balaban J connectivity index is -0.000000637. The molecule has 4 saturated carbocycles. The van der Waals surface area contributed by atoms with Crippen LogP contribution in [-0.4, -0.2) is 149 Å². The summed E-state index contributed by atoms with van der Waals surface area (Å²) in [5.41, 5.74) is -22.3. The molecule has 9 unspecified atom stereocenters. The Morgan fingerprint density at radius 3 is 1.23 bits per heavy atom. The van der Waals surface area contributed by atoms with Gasteiger partial charge < -0.3 is 44.2 Å². The zero-order valence-electron chi connectivity index (χ0n) is 60.1. The Hall–Kier alpha value is -4.82. The predicted molar refractivity (Wildman–Crippen MR) is 359 cm³/mol. The number of aliphatic hydroxyl groups is 3. The fraction of sp³-hybridized carbons (Fsp3) is 0.803. The zero-order valence-corrected chi connectivity index (χ0v) is 61.1. The third-order valence-electron chi connectivity index (χ3n) is 21.3. The molecular formula is C71H110F26O11Si. The topological polar surface area (TPSA) is 183 Å². The van der Waals surface area contributed by atoms with E-state index >= 15 is 0 Å². The number of carbonyl (C=O) groups excluding carboxylic acids is 1. The summed E-state index contributed by atoms with van der Waals surface area (Å²) in [6.45, 7) is 20.6. The molecule has 4 aliphatic carbocycles. The number of fused-ring (bicyclic) bond motifs is 2. The molecule has 38 heteroatoms. The highest BCUT2D eigenvalue weighted by Gasteiger charge is 2.88. The van der Waals surface area contributed by atoms with Crippen molar-refractivity contribution >= 4 is 20.5 Å². The molecule has 0 saturated heterocycles. The lowest BCUT2D eigenvalue weighted by molar-refractivity contribution is -0.399. The molecule has 2 bridgehead atoms. The number of hydrogen-bond donors (Lipinski definition) is 6. The van der Waals surface area contributed by atoms with E-state index in [9.17, 15) is 134 Å². The molecule has 2 aromatic rings. The van der Waals surface area contributed by atoms with Crippen molar-refractivity contribution in [2.75, 3.05) is 14.2 Å². The number of hydrogen-bond acceptors (Lipinski definition) is 10. The normalized spacial score (nSPS) is 24.0. The molecule has 6 N–H and O–H groups in total. The number of rotatable bonds is 17. The van der Waals surface area contributed by atoms with E-state index in [0.29, 0.717) is 43.6 Å². The minimum atomic E-state index is -6.28. The van der Waals surface area contributed by atoms with Crippen LogP contribution in [0, 0.1) is 46.8 Å². The standard InChI is InChI=1S/C17H20F12O3.C14H22F6O3Si.C11H16O.C10H14O.C9H10F8O.C6H12O2.4CH4/c1-3-8(2)11(30)32-13(16(24,25)26,17(27,28)29)10-6-4-9(5-7-10)12(31,14(18,19)20)15(21,22)23;1-22-24(3,23-2)11-6-8-4-9(11)5-10(8)7-12(21,13(15,16)17)14(18,19)20;1-4-11(2,3)9-5-7-10(12)8-6-9;1-3-8(2)9-4-6-10(11)7-5-9;1-4-3-6(18,9(15,16)17)8(13,14)7(4,12)5(2,10)11;1-4-6(2,3)5(7)8;;;;/h8-10,31H,3-7H2,1-2H3;8-11,21H,4-7H2,1-3H3;5-8,12H,4H2,1-3H3;4-8,11H,3H2,1-2H3;4,18H,3H2,1-2H3;4H2,1-3H3,(H,7,8);4*1H4. The van der Waals surface area contributed by atoms with Gasteiger partial charge in [-0.25, -0.2) is 13.2 Å². The van der Waals surface area contributed by atoms with Crippen molar-refractivity contribution in [3.05, 3.63) is 59.7 Å². The number of halogens is 26. The number of phenols is 2. The molecule has 6 rings (SSSR count). The van der Waals surface area contributed by atoms with E-state index in [1.54, 1.807) is 38.1 Å². The number of carboxylic acids is 1. The molecule has 11 nitrogen and oxygen atoms in total. The summed E-state index contributed by atoms with van der Waals surface area (Å²) in [5.74, 6) is -22.0. The molecule has 0 spiro atoms. The van der Waals surface area contributed by atoms with Crippen LogP contribution in [0.3, 0.4) is 0 Å². The van der Waals surface area contributed by atoms with Crippen molar-refractivity contribution in [1.29, 1.82) is 0 Å².